The number of carbonyl (C=O) groups excluding carboxylic acids is 1. The molecule has 0 unspecified atom stereocenters. The van der Waals surface area contributed by atoms with Gasteiger partial charge in [-0.1, -0.05) is 6.07 Å². The van der Waals surface area contributed by atoms with Crippen LogP contribution in [0.4, 0.5) is 10.5 Å². The fraction of sp³-hybridized carbons (Fsp3) is 0.400. The summed E-state index contributed by atoms with van der Waals surface area (Å²) in [6.45, 7) is 2.23. The van der Waals surface area contributed by atoms with Crippen LogP contribution in [0.1, 0.15) is 18.4 Å². The summed E-state index contributed by atoms with van der Waals surface area (Å²) in [4.78, 5) is 14.1. The van der Waals surface area contributed by atoms with Gasteiger partial charge in [-0.25, -0.2) is 4.79 Å². The van der Waals surface area contributed by atoms with E-state index in [1.165, 1.54) is 6.39 Å². The number of carbonyl (C=O) groups is 1. The van der Waals surface area contributed by atoms with Crippen LogP contribution in [-0.4, -0.2) is 45.4 Å². The molecule has 1 aromatic carbocycles. The highest BCUT2D eigenvalue weighted by atomic mass is 16.4. The Morgan fingerprint density at radius 1 is 1.50 bits per heavy atom. The second kappa shape index (κ2) is 6.15. The Kier molecular flexibility index (Phi) is 4.06. The van der Waals surface area contributed by atoms with Crippen LogP contribution in [0.25, 0.3) is 11.5 Å². The fourth-order valence-electron chi connectivity index (χ4n) is 2.32. The number of rotatable bonds is 5. The first-order valence-corrected chi connectivity index (χ1v) is 7.24. The monoisotopic (exact) mass is 302 g/mol. The van der Waals surface area contributed by atoms with Crippen molar-refractivity contribution < 1.29 is 14.3 Å². The van der Waals surface area contributed by atoms with Crippen molar-refractivity contribution in [2.75, 3.05) is 18.5 Å². The van der Waals surface area contributed by atoms with Crippen LogP contribution < -0.4 is 5.32 Å². The summed E-state index contributed by atoms with van der Waals surface area (Å²) in [7, 11) is 0. The van der Waals surface area contributed by atoms with Crippen molar-refractivity contribution in [3.05, 3.63) is 30.2 Å². The van der Waals surface area contributed by atoms with Gasteiger partial charge in [-0.15, -0.1) is 10.2 Å². The lowest BCUT2D eigenvalue weighted by Gasteiger charge is -2.22. The van der Waals surface area contributed by atoms with Crippen LogP contribution in [0.5, 0.6) is 0 Å². The van der Waals surface area contributed by atoms with Crippen LogP contribution in [0.3, 0.4) is 0 Å². The van der Waals surface area contributed by atoms with Gasteiger partial charge < -0.3 is 19.7 Å². The molecule has 1 fully saturated rings. The minimum atomic E-state index is -0.192. The quantitative estimate of drug-likeness (QED) is 0.881. The Labute approximate surface area is 128 Å². The normalized spacial score (nSPS) is 13.9. The van der Waals surface area contributed by atoms with E-state index in [0.717, 1.165) is 24.0 Å². The number of urea groups is 1. The standard InChI is InChI=1S/C15H18N4O3/c1-10-2-3-11(14-18-16-9-22-14)8-13(10)17-15(21)19(6-7-20)12-4-5-12/h2-3,8-9,12,20H,4-7H2,1H3,(H,17,21). The van der Waals surface area contributed by atoms with Gasteiger partial charge >= 0.3 is 6.03 Å². The van der Waals surface area contributed by atoms with E-state index >= 15 is 0 Å². The zero-order valence-electron chi connectivity index (χ0n) is 12.3. The van der Waals surface area contributed by atoms with E-state index in [9.17, 15) is 4.79 Å². The molecule has 0 bridgehead atoms. The first kappa shape index (κ1) is 14.5. The van der Waals surface area contributed by atoms with Crippen molar-refractivity contribution in [1.82, 2.24) is 15.1 Å². The largest absolute Gasteiger partial charge is 0.423 e. The maximum absolute atomic E-state index is 12.4. The number of aliphatic hydroxyl groups is 1. The van der Waals surface area contributed by atoms with Crippen LogP contribution >= 0.6 is 0 Å². The summed E-state index contributed by atoms with van der Waals surface area (Å²) in [5.74, 6) is 0.407. The molecule has 1 aliphatic rings. The Balaban J connectivity index is 1.79. The van der Waals surface area contributed by atoms with Crippen LogP contribution in [0, 0.1) is 6.92 Å². The molecular weight excluding hydrogens is 284 g/mol. The second-order valence-electron chi connectivity index (χ2n) is 5.35. The Morgan fingerprint density at radius 2 is 2.32 bits per heavy atom. The molecule has 1 aliphatic carbocycles. The van der Waals surface area contributed by atoms with Crippen LogP contribution in [-0.2, 0) is 0 Å². The number of nitrogens with zero attached hydrogens (tertiary/aromatic N) is 3. The number of aryl methyl sites for hydroxylation is 1. The molecule has 7 heteroatoms. The van der Waals surface area contributed by atoms with E-state index in [1.54, 1.807) is 4.90 Å². The average Bonchev–Trinajstić information content (AvgIpc) is 3.20. The Bertz CT molecular complexity index is 653. The third-order valence-corrected chi connectivity index (χ3v) is 3.68. The van der Waals surface area contributed by atoms with E-state index in [2.05, 4.69) is 15.5 Å². The van der Waals surface area contributed by atoms with Crippen molar-refractivity contribution in [1.29, 1.82) is 0 Å². The summed E-state index contributed by atoms with van der Waals surface area (Å²) in [6, 6.07) is 5.62. The molecule has 1 aromatic heterocycles. The molecule has 7 nitrogen and oxygen atoms in total. The van der Waals surface area contributed by atoms with Crippen molar-refractivity contribution in [2.24, 2.45) is 0 Å². The maximum Gasteiger partial charge on any atom is 0.322 e. The zero-order valence-corrected chi connectivity index (χ0v) is 12.3. The molecule has 116 valence electrons. The number of aromatic nitrogens is 2. The summed E-state index contributed by atoms with van der Waals surface area (Å²) in [5.41, 5.74) is 2.39. The molecule has 1 heterocycles. The lowest BCUT2D eigenvalue weighted by molar-refractivity contribution is 0.185. The number of aliphatic hydroxyl groups excluding tert-OH is 1. The van der Waals surface area contributed by atoms with Gasteiger partial charge in [-0.2, -0.15) is 0 Å². The summed E-state index contributed by atoms with van der Waals surface area (Å²) in [5, 5.41) is 19.5. The molecule has 0 saturated heterocycles. The second-order valence-corrected chi connectivity index (χ2v) is 5.35. The SMILES string of the molecule is Cc1ccc(-c2nnco2)cc1NC(=O)N(CCO)C1CC1. The predicted octanol–water partition coefficient (Wildman–Crippen LogP) is 2.03. The lowest BCUT2D eigenvalue weighted by atomic mass is 10.1. The lowest BCUT2D eigenvalue weighted by Crippen LogP contribution is -2.38. The highest BCUT2D eigenvalue weighted by Crippen LogP contribution is 2.28. The molecule has 0 aliphatic heterocycles. The molecule has 0 atom stereocenters. The molecule has 2 amide bonds. The minimum absolute atomic E-state index is 0.0368. The molecule has 1 saturated carbocycles. The van der Waals surface area contributed by atoms with Crippen molar-refractivity contribution in [2.45, 2.75) is 25.8 Å². The fourth-order valence-corrected chi connectivity index (χ4v) is 2.32. The Morgan fingerprint density at radius 3 is 2.95 bits per heavy atom. The first-order chi connectivity index (χ1) is 10.7. The van der Waals surface area contributed by atoms with Gasteiger partial charge in [0, 0.05) is 23.8 Å². The van der Waals surface area contributed by atoms with Gasteiger partial charge in [0.05, 0.1) is 6.61 Å². The average molecular weight is 302 g/mol. The van der Waals surface area contributed by atoms with Crippen molar-refractivity contribution in [3.8, 4) is 11.5 Å². The number of benzene rings is 1. The smallest absolute Gasteiger partial charge is 0.322 e. The van der Waals surface area contributed by atoms with Crippen LogP contribution in [0.2, 0.25) is 0 Å². The number of hydrogen-bond acceptors (Lipinski definition) is 5. The van der Waals surface area contributed by atoms with Crippen LogP contribution in [0.15, 0.2) is 29.0 Å². The summed E-state index contributed by atoms with van der Waals surface area (Å²) >= 11 is 0. The number of hydrogen-bond donors (Lipinski definition) is 2. The molecule has 3 rings (SSSR count). The molecule has 0 spiro atoms. The van der Waals surface area contributed by atoms with Gasteiger partial charge in [0.1, 0.15) is 0 Å². The number of anilines is 1. The molecule has 22 heavy (non-hydrogen) atoms. The van der Waals surface area contributed by atoms with Gasteiger partial charge in [0.15, 0.2) is 0 Å². The van der Waals surface area contributed by atoms with Gasteiger partial charge in [0.2, 0.25) is 12.3 Å². The third kappa shape index (κ3) is 3.09. The highest BCUT2D eigenvalue weighted by molar-refractivity contribution is 5.91. The van der Waals surface area contributed by atoms with Gasteiger partial charge in [-0.3, -0.25) is 0 Å². The topological polar surface area (TPSA) is 91.5 Å². The number of nitrogens with one attached hydrogen (secondary N) is 1. The first-order valence-electron chi connectivity index (χ1n) is 7.24. The molecule has 2 aromatic rings. The van der Waals surface area contributed by atoms with E-state index < -0.39 is 0 Å². The molecule has 2 N–H and O–H groups in total. The van der Waals surface area contributed by atoms with E-state index in [1.807, 2.05) is 25.1 Å². The molecular formula is C15H18N4O3. The van der Waals surface area contributed by atoms with E-state index in [0.29, 0.717) is 18.1 Å². The predicted molar refractivity (Wildman–Crippen MR) is 80.3 cm³/mol. The van der Waals surface area contributed by atoms with Crippen molar-refractivity contribution >= 4 is 11.7 Å². The summed E-state index contributed by atoms with van der Waals surface area (Å²) in [6.07, 6.45) is 3.26. The summed E-state index contributed by atoms with van der Waals surface area (Å²) < 4.78 is 5.18. The Hall–Kier alpha value is -2.41. The maximum atomic E-state index is 12.4. The third-order valence-electron chi connectivity index (χ3n) is 3.68. The van der Waals surface area contributed by atoms with Crippen molar-refractivity contribution in [3.63, 3.8) is 0 Å². The number of amides is 2. The highest BCUT2D eigenvalue weighted by Gasteiger charge is 2.32. The van der Waals surface area contributed by atoms with E-state index in [4.69, 9.17) is 9.52 Å². The molecule has 0 radical (unpaired) electrons. The minimum Gasteiger partial charge on any atom is -0.423 e. The van der Waals surface area contributed by atoms with Gasteiger partial charge in [0.25, 0.3) is 0 Å². The van der Waals surface area contributed by atoms with Gasteiger partial charge in [-0.05, 0) is 37.5 Å². The van der Waals surface area contributed by atoms with E-state index in [-0.39, 0.29) is 18.7 Å². The zero-order chi connectivity index (χ0) is 15.5.